The van der Waals surface area contributed by atoms with Crippen LogP contribution in [-0.4, -0.2) is 41.8 Å². The lowest BCUT2D eigenvalue weighted by Gasteiger charge is -2.34. The van der Waals surface area contributed by atoms with Crippen molar-refractivity contribution in [2.24, 2.45) is 11.3 Å². The van der Waals surface area contributed by atoms with E-state index in [2.05, 4.69) is 5.32 Å². The molecule has 2 bridgehead atoms. The molecule has 2 aliphatic carbocycles. The predicted molar refractivity (Wildman–Crippen MR) is 73.8 cm³/mol. The first-order valence-corrected chi connectivity index (χ1v) is 7.87. The van der Waals surface area contributed by atoms with Crippen LogP contribution in [0.5, 0.6) is 0 Å². The fourth-order valence-electron chi connectivity index (χ4n) is 4.44. The average molecular weight is 266 g/mol. The molecule has 2 unspecified atom stereocenters. The van der Waals surface area contributed by atoms with Crippen LogP contribution in [0.1, 0.15) is 51.4 Å². The van der Waals surface area contributed by atoms with Crippen molar-refractivity contribution in [2.75, 3.05) is 19.7 Å². The van der Waals surface area contributed by atoms with Gasteiger partial charge in [-0.3, -0.25) is 0 Å². The molecule has 1 aliphatic heterocycles. The van der Waals surface area contributed by atoms with Gasteiger partial charge in [0, 0.05) is 13.1 Å². The maximum Gasteiger partial charge on any atom is 0.317 e. The van der Waals surface area contributed by atoms with E-state index in [0.29, 0.717) is 12.0 Å². The Morgan fingerprint density at radius 3 is 2.95 bits per heavy atom. The first kappa shape index (κ1) is 13.2. The maximum atomic E-state index is 11.9. The fraction of sp³-hybridized carbons (Fsp3) is 0.933. The molecule has 1 heterocycles. The Kier molecular flexibility index (Phi) is 3.70. The van der Waals surface area contributed by atoms with Gasteiger partial charge in [-0.05, 0) is 37.0 Å². The molecule has 3 fully saturated rings. The highest BCUT2D eigenvalue weighted by Gasteiger charge is 2.42. The van der Waals surface area contributed by atoms with E-state index in [1.165, 1.54) is 51.4 Å². The molecule has 108 valence electrons. The van der Waals surface area contributed by atoms with Crippen LogP contribution in [-0.2, 0) is 0 Å². The van der Waals surface area contributed by atoms with Gasteiger partial charge in [0.25, 0.3) is 0 Å². The standard InChI is InChI=1S/C15H26N2O2/c18-10-13-9-17(14(19)16-13)11-15-6-3-1-2-4-12(8-15)5-7-15/h12-13,18H,1-11H2,(H,16,19)/t12?,13-,15?/m0/s1. The second-order valence-corrected chi connectivity index (χ2v) is 6.92. The van der Waals surface area contributed by atoms with Gasteiger partial charge in [0.15, 0.2) is 0 Å². The second kappa shape index (κ2) is 5.31. The van der Waals surface area contributed by atoms with Crippen molar-refractivity contribution in [2.45, 2.75) is 57.4 Å². The van der Waals surface area contributed by atoms with Crippen LogP contribution in [0.3, 0.4) is 0 Å². The summed E-state index contributed by atoms with van der Waals surface area (Å²) < 4.78 is 0. The van der Waals surface area contributed by atoms with E-state index in [1.54, 1.807) is 0 Å². The van der Waals surface area contributed by atoms with Gasteiger partial charge in [-0.2, -0.15) is 0 Å². The molecule has 0 radical (unpaired) electrons. The number of hydrogen-bond acceptors (Lipinski definition) is 2. The monoisotopic (exact) mass is 266 g/mol. The van der Waals surface area contributed by atoms with E-state index >= 15 is 0 Å². The first-order valence-electron chi connectivity index (χ1n) is 7.87. The zero-order valence-corrected chi connectivity index (χ0v) is 11.7. The number of carbonyl (C=O) groups excluding carboxylic acids is 1. The quantitative estimate of drug-likeness (QED) is 0.822. The number of amides is 2. The lowest BCUT2D eigenvalue weighted by atomic mass is 9.77. The third-order valence-electron chi connectivity index (χ3n) is 5.43. The predicted octanol–water partition coefficient (Wildman–Crippen LogP) is 2.12. The zero-order chi connectivity index (χ0) is 13.3. The minimum atomic E-state index is -0.0605. The number of fused-ring (bicyclic) bond motifs is 2. The molecular formula is C15H26N2O2. The molecule has 0 spiro atoms. The van der Waals surface area contributed by atoms with E-state index in [4.69, 9.17) is 0 Å². The molecule has 0 aromatic rings. The van der Waals surface area contributed by atoms with Crippen LogP contribution in [0.15, 0.2) is 0 Å². The molecule has 2 saturated carbocycles. The average Bonchev–Trinajstić information content (AvgIpc) is 2.94. The number of aliphatic hydroxyl groups is 1. The number of rotatable bonds is 3. The second-order valence-electron chi connectivity index (χ2n) is 6.92. The summed E-state index contributed by atoms with van der Waals surface area (Å²) in [5.41, 5.74) is 0.382. The first-order chi connectivity index (χ1) is 9.21. The van der Waals surface area contributed by atoms with E-state index in [0.717, 1.165) is 12.5 Å². The minimum Gasteiger partial charge on any atom is -0.394 e. The molecule has 3 atom stereocenters. The largest absolute Gasteiger partial charge is 0.394 e. The third-order valence-corrected chi connectivity index (χ3v) is 5.43. The van der Waals surface area contributed by atoms with Gasteiger partial charge < -0.3 is 15.3 Å². The van der Waals surface area contributed by atoms with Gasteiger partial charge in [-0.25, -0.2) is 4.79 Å². The molecule has 2 amide bonds. The van der Waals surface area contributed by atoms with E-state index in [9.17, 15) is 9.90 Å². The van der Waals surface area contributed by atoms with Crippen molar-refractivity contribution in [1.82, 2.24) is 10.2 Å². The molecule has 4 heteroatoms. The van der Waals surface area contributed by atoms with Crippen LogP contribution in [0.2, 0.25) is 0 Å². The molecule has 4 nitrogen and oxygen atoms in total. The SMILES string of the molecule is O=C1N[C@H](CO)CN1CC12CCCCCC(CC1)C2. The molecular weight excluding hydrogens is 240 g/mol. The van der Waals surface area contributed by atoms with Gasteiger partial charge in [0.1, 0.15) is 0 Å². The summed E-state index contributed by atoms with van der Waals surface area (Å²) in [4.78, 5) is 13.9. The Morgan fingerprint density at radius 2 is 2.16 bits per heavy atom. The number of urea groups is 1. The summed E-state index contributed by atoms with van der Waals surface area (Å²) in [5.74, 6) is 0.902. The van der Waals surface area contributed by atoms with Crippen LogP contribution in [0.4, 0.5) is 4.79 Å². The Labute approximate surface area is 115 Å². The third kappa shape index (κ3) is 2.73. The Morgan fingerprint density at radius 1 is 1.26 bits per heavy atom. The topological polar surface area (TPSA) is 52.6 Å². The van der Waals surface area contributed by atoms with Crippen molar-refractivity contribution in [3.8, 4) is 0 Å². The highest BCUT2D eigenvalue weighted by molar-refractivity contribution is 5.77. The van der Waals surface area contributed by atoms with Gasteiger partial charge in [0.2, 0.25) is 0 Å². The Bertz CT molecular complexity index is 347. The van der Waals surface area contributed by atoms with Crippen LogP contribution < -0.4 is 5.32 Å². The summed E-state index contributed by atoms with van der Waals surface area (Å²) >= 11 is 0. The normalized spacial score (nSPS) is 39.0. The van der Waals surface area contributed by atoms with E-state index < -0.39 is 0 Å². The number of aliphatic hydroxyl groups excluding tert-OH is 1. The van der Waals surface area contributed by atoms with Gasteiger partial charge in [-0.1, -0.05) is 25.7 Å². The van der Waals surface area contributed by atoms with Crippen LogP contribution >= 0.6 is 0 Å². The van der Waals surface area contributed by atoms with Crippen molar-refractivity contribution in [3.63, 3.8) is 0 Å². The Balaban J connectivity index is 1.66. The van der Waals surface area contributed by atoms with Gasteiger partial charge in [-0.15, -0.1) is 0 Å². The number of carbonyl (C=O) groups is 1. The smallest absolute Gasteiger partial charge is 0.317 e. The number of nitrogens with zero attached hydrogens (tertiary/aromatic N) is 1. The summed E-state index contributed by atoms with van der Waals surface area (Å²) in [7, 11) is 0. The highest BCUT2D eigenvalue weighted by atomic mass is 16.3. The maximum absolute atomic E-state index is 11.9. The summed E-state index contributed by atoms with van der Waals surface area (Å²) in [6.07, 6.45) is 10.8. The van der Waals surface area contributed by atoms with Crippen LogP contribution in [0.25, 0.3) is 0 Å². The Hall–Kier alpha value is -0.770. The molecule has 0 aromatic heterocycles. The van der Waals surface area contributed by atoms with Crippen molar-refractivity contribution < 1.29 is 9.90 Å². The molecule has 2 N–H and O–H groups in total. The molecule has 0 aromatic carbocycles. The van der Waals surface area contributed by atoms with Gasteiger partial charge in [0.05, 0.1) is 12.6 Å². The van der Waals surface area contributed by atoms with E-state index in [-0.39, 0.29) is 18.7 Å². The lowest BCUT2D eigenvalue weighted by Crippen LogP contribution is -2.38. The summed E-state index contributed by atoms with van der Waals surface area (Å²) in [5, 5.41) is 12.0. The summed E-state index contributed by atoms with van der Waals surface area (Å²) in [6, 6.07) is -0.0337. The number of hydrogen-bond donors (Lipinski definition) is 2. The molecule has 3 rings (SSSR count). The number of nitrogens with one attached hydrogen (secondary N) is 1. The van der Waals surface area contributed by atoms with Gasteiger partial charge >= 0.3 is 6.03 Å². The molecule has 19 heavy (non-hydrogen) atoms. The zero-order valence-electron chi connectivity index (χ0n) is 11.7. The van der Waals surface area contributed by atoms with Crippen LogP contribution in [0, 0.1) is 11.3 Å². The summed E-state index contributed by atoms with van der Waals surface area (Å²) in [6.45, 7) is 1.64. The van der Waals surface area contributed by atoms with Crippen molar-refractivity contribution >= 4 is 6.03 Å². The van der Waals surface area contributed by atoms with E-state index in [1.807, 2.05) is 4.90 Å². The highest BCUT2D eigenvalue weighted by Crippen LogP contribution is 2.49. The van der Waals surface area contributed by atoms with Crippen molar-refractivity contribution in [3.05, 3.63) is 0 Å². The fourth-order valence-corrected chi connectivity index (χ4v) is 4.44. The van der Waals surface area contributed by atoms with Crippen molar-refractivity contribution in [1.29, 1.82) is 0 Å². The lowest BCUT2D eigenvalue weighted by molar-refractivity contribution is 0.149. The minimum absolute atomic E-state index is 0.0268. The molecule has 1 saturated heterocycles. The molecule has 3 aliphatic rings.